The molecule has 4 rings (SSSR count). The summed E-state index contributed by atoms with van der Waals surface area (Å²) in [7, 11) is 0. The van der Waals surface area contributed by atoms with Gasteiger partial charge in [-0.25, -0.2) is 9.97 Å². The number of nitrogens with zero attached hydrogens (tertiary/aromatic N) is 6. The van der Waals surface area contributed by atoms with Crippen LogP contribution in [0.1, 0.15) is 18.2 Å². The monoisotopic (exact) mass is 471 g/mol. The van der Waals surface area contributed by atoms with Crippen LogP contribution in [-0.2, 0) is 0 Å². The predicted octanol–water partition coefficient (Wildman–Crippen LogP) is 6.18. The summed E-state index contributed by atoms with van der Waals surface area (Å²) < 4.78 is 1.35. The number of aromatic nitrogens is 4. The Balaban J connectivity index is 1.83. The van der Waals surface area contributed by atoms with Gasteiger partial charge in [0.25, 0.3) is 0 Å². The third-order valence-corrected chi connectivity index (χ3v) is 5.93. The van der Waals surface area contributed by atoms with Crippen molar-refractivity contribution in [1.29, 1.82) is 5.26 Å². The average Bonchev–Trinajstić information content (AvgIpc) is 3.58. The third-order valence-electron chi connectivity index (χ3n) is 4.45. The van der Waals surface area contributed by atoms with Crippen LogP contribution in [-0.4, -0.2) is 19.7 Å². The van der Waals surface area contributed by atoms with Crippen LogP contribution in [0, 0.1) is 11.3 Å². The summed E-state index contributed by atoms with van der Waals surface area (Å²) in [6.45, 7) is 5.67. The fourth-order valence-electron chi connectivity index (χ4n) is 2.96. The standard InChI is InChI=1S/C23H17N7OS2/c1-3-5-16(6-4-2)18-14-33-23(26-18)30-21(31)20(27-28-22-25-11-12-32-22)19(29-30)17-9-7-15(13-24)8-10-17/h3-12,14,29H,1H2,2H3/b6-4-,16-5+,28-27?. The number of rotatable bonds is 7. The number of hydrogen-bond acceptors (Lipinski definition) is 8. The largest absolute Gasteiger partial charge is 0.301 e. The normalized spacial score (nSPS) is 11.9. The van der Waals surface area contributed by atoms with Crippen molar-refractivity contribution in [2.75, 3.05) is 0 Å². The smallest absolute Gasteiger partial charge is 0.286 e. The third kappa shape index (κ3) is 4.69. The van der Waals surface area contributed by atoms with E-state index < -0.39 is 5.56 Å². The van der Waals surface area contributed by atoms with Gasteiger partial charge in [0.1, 0.15) is 0 Å². The molecule has 0 saturated carbocycles. The van der Waals surface area contributed by atoms with Crippen molar-refractivity contribution in [2.45, 2.75) is 6.92 Å². The van der Waals surface area contributed by atoms with E-state index in [4.69, 9.17) is 5.26 Å². The minimum atomic E-state index is -0.393. The quantitative estimate of drug-likeness (QED) is 0.256. The van der Waals surface area contributed by atoms with E-state index in [0.29, 0.717) is 27.1 Å². The molecule has 33 heavy (non-hydrogen) atoms. The van der Waals surface area contributed by atoms with Gasteiger partial charge in [0.2, 0.25) is 10.3 Å². The van der Waals surface area contributed by atoms with Crippen molar-refractivity contribution in [1.82, 2.24) is 19.7 Å². The Bertz CT molecular complexity index is 1460. The highest BCUT2D eigenvalue weighted by Gasteiger charge is 2.19. The molecule has 0 aliphatic carbocycles. The van der Waals surface area contributed by atoms with Crippen LogP contribution in [0.15, 0.2) is 87.1 Å². The number of aromatic amines is 1. The summed E-state index contributed by atoms with van der Waals surface area (Å²) in [5.41, 5.74) is 3.01. The molecule has 8 nitrogen and oxygen atoms in total. The molecule has 0 amide bonds. The van der Waals surface area contributed by atoms with E-state index in [1.807, 2.05) is 30.5 Å². The van der Waals surface area contributed by atoms with Crippen LogP contribution in [0.2, 0.25) is 0 Å². The molecule has 0 aliphatic heterocycles. The molecule has 3 heterocycles. The maximum absolute atomic E-state index is 13.3. The molecular weight excluding hydrogens is 454 g/mol. The van der Waals surface area contributed by atoms with Crippen LogP contribution in [0.25, 0.3) is 22.0 Å². The van der Waals surface area contributed by atoms with E-state index in [1.54, 1.807) is 41.9 Å². The Morgan fingerprint density at radius 1 is 1.27 bits per heavy atom. The fraction of sp³-hybridized carbons (Fsp3) is 0.0435. The number of azo groups is 1. The fourth-order valence-corrected chi connectivity index (χ4v) is 4.20. The highest BCUT2D eigenvalue weighted by atomic mass is 32.1. The molecule has 0 fully saturated rings. The molecule has 1 aromatic carbocycles. The van der Waals surface area contributed by atoms with Crippen LogP contribution in [0.4, 0.5) is 10.8 Å². The van der Waals surface area contributed by atoms with Crippen LogP contribution >= 0.6 is 22.7 Å². The van der Waals surface area contributed by atoms with Crippen LogP contribution in [0.3, 0.4) is 0 Å². The van der Waals surface area contributed by atoms with Gasteiger partial charge < -0.3 is 0 Å². The summed E-state index contributed by atoms with van der Waals surface area (Å²) in [6, 6.07) is 8.95. The molecule has 1 N–H and O–H groups in total. The van der Waals surface area contributed by atoms with Gasteiger partial charge in [-0.3, -0.25) is 9.89 Å². The Morgan fingerprint density at radius 2 is 2.09 bits per heavy atom. The Labute approximate surface area is 197 Å². The lowest BCUT2D eigenvalue weighted by molar-refractivity contribution is 0.841. The maximum Gasteiger partial charge on any atom is 0.301 e. The molecule has 3 aromatic heterocycles. The second-order valence-corrected chi connectivity index (χ2v) is 8.26. The lowest BCUT2D eigenvalue weighted by Crippen LogP contribution is -2.13. The van der Waals surface area contributed by atoms with E-state index in [-0.39, 0.29) is 5.69 Å². The topological polar surface area (TPSA) is 112 Å². The number of nitriles is 1. The van der Waals surface area contributed by atoms with Crippen molar-refractivity contribution in [2.24, 2.45) is 10.2 Å². The van der Waals surface area contributed by atoms with E-state index in [2.05, 4.69) is 37.9 Å². The molecular formula is C23H17N7OS2. The molecule has 0 aliphatic rings. The number of allylic oxidation sites excluding steroid dienone is 5. The number of hydrogen-bond donors (Lipinski definition) is 1. The van der Waals surface area contributed by atoms with Gasteiger partial charge in [0, 0.05) is 28.1 Å². The molecule has 4 aromatic rings. The predicted molar refractivity (Wildman–Crippen MR) is 131 cm³/mol. The second-order valence-electron chi connectivity index (χ2n) is 6.55. The molecule has 0 radical (unpaired) electrons. The van der Waals surface area contributed by atoms with Crippen LogP contribution in [0.5, 0.6) is 0 Å². The van der Waals surface area contributed by atoms with Crippen molar-refractivity contribution in [3.05, 3.63) is 93.7 Å². The van der Waals surface area contributed by atoms with E-state index >= 15 is 0 Å². The SMILES string of the molecule is C=C/C=C(\C=C/C)c1csc(-n2[nH]c(-c3ccc(C#N)cc3)c(N=Nc3nccs3)c2=O)n1. The number of nitrogens with one attached hydrogen (secondary N) is 1. The molecule has 10 heteroatoms. The van der Waals surface area contributed by atoms with Gasteiger partial charge in [0.15, 0.2) is 5.69 Å². The molecule has 162 valence electrons. The summed E-state index contributed by atoms with van der Waals surface area (Å²) in [5.74, 6) is 0. The first-order valence-electron chi connectivity index (χ1n) is 9.73. The Hall–Kier alpha value is -4.20. The van der Waals surface area contributed by atoms with Crippen molar-refractivity contribution in [3.63, 3.8) is 0 Å². The van der Waals surface area contributed by atoms with Crippen molar-refractivity contribution in [3.8, 4) is 22.5 Å². The minimum Gasteiger partial charge on any atom is -0.286 e. The Morgan fingerprint density at radius 3 is 2.76 bits per heavy atom. The van der Waals surface area contributed by atoms with Gasteiger partial charge in [-0.15, -0.1) is 32.9 Å². The average molecular weight is 472 g/mol. The number of benzene rings is 1. The first kappa shape index (κ1) is 22.0. The van der Waals surface area contributed by atoms with E-state index in [1.165, 1.54) is 27.4 Å². The van der Waals surface area contributed by atoms with Crippen molar-refractivity contribution >= 4 is 39.1 Å². The zero-order valence-corrected chi connectivity index (χ0v) is 19.1. The van der Waals surface area contributed by atoms with Gasteiger partial charge in [-0.2, -0.15) is 9.94 Å². The van der Waals surface area contributed by atoms with Crippen LogP contribution < -0.4 is 5.56 Å². The second kappa shape index (κ2) is 9.95. The Kier molecular flexibility index (Phi) is 6.64. The highest BCUT2D eigenvalue weighted by molar-refractivity contribution is 7.13. The first-order chi connectivity index (χ1) is 16.1. The summed E-state index contributed by atoms with van der Waals surface area (Å²) in [4.78, 5) is 22.0. The lowest BCUT2D eigenvalue weighted by atomic mass is 10.1. The maximum atomic E-state index is 13.3. The zero-order valence-electron chi connectivity index (χ0n) is 17.5. The number of H-pyrrole nitrogens is 1. The summed E-state index contributed by atoms with van der Waals surface area (Å²) in [6.07, 6.45) is 9.00. The van der Waals surface area contributed by atoms with Gasteiger partial charge in [0.05, 0.1) is 23.0 Å². The highest BCUT2D eigenvalue weighted by Crippen LogP contribution is 2.30. The minimum absolute atomic E-state index is 0.127. The molecule has 0 atom stereocenters. The first-order valence-corrected chi connectivity index (χ1v) is 11.5. The summed E-state index contributed by atoms with van der Waals surface area (Å²) >= 11 is 2.64. The molecule has 0 unspecified atom stereocenters. The molecule has 0 saturated heterocycles. The zero-order chi connectivity index (χ0) is 23.2. The molecule has 0 spiro atoms. The van der Waals surface area contributed by atoms with E-state index in [9.17, 15) is 4.79 Å². The molecule has 0 bridgehead atoms. The lowest BCUT2D eigenvalue weighted by Gasteiger charge is -2.00. The van der Waals surface area contributed by atoms with E-state index in [0.717, 1.165) is 11.3 Å². The van der Waals surface area contributed by atoms with Crippen molar-refractivity contribution < 1.29 is 0 Å². The van der Waals surface area contributed by atoms with Gasteiger partial charge in [-0.1, -0.05) is 43.0 Å². The van der Waals surface area contributed by atoms with Gasteiger partial charge in [-0.05, 0) is 19.1 Å². The van der Waals surface area contributed by atoms with Gasteiger partial charge >= 0.3 is 5.56 Å². The number of thiazole rings is 2. The summed E-state index contributed by atoms with van der Waals surface area (Å²) in [5, 5.41) is 25.1.